The maximum atomic E-state index is 12.4. The molecule has 1 heterocycles. The van der Waals surface area contributed by atoms with Crippen molar-refractivity contribution in [3.05, 3.63) is 28.3 Å². The Balaban J connectivity index is 1.54. The molecule has 2 fully saturated rings. The number of amides is 3. The summed E-state index contributed by atoms with van der Waals surface area (Å²) in [4.78, 5) is 60.1. The van der Waals surface area contributed by atoms with Crippen molar-refractivity contribution in [1.29, 1.82) is 0 Å². The number of carbonyl (C=O) groups excluding carboxylic acids is 4. The van der Waals surface area contributed by atoms with Gasteiger partial charge in [-0.25, -0.2) is 0 Å². The molecule has 1 N–H and O–H groups in total. The topological polar surface area (TPSA) is 145 Å². The number of likely N-dealkylation sites (tertiary alicyclic amines) is 1. The second kappa shape index (κ2) is 8.89. The molecule has 0 unspecified atom stereocenters. The Morgan fingerprint density at radius 3 is 2.40 bits per heavy atom. The summed E-state index contributed by atoms with van der Waals surface area (Å²) in [5, 5.41) is 13.4. The highest BCUT2D eigenvalue weighted by Crippen LogP contribution is 2.37. The molecule has 0 aromatic heterocycles. The van der Waals surface area contributed by atoms with E-state index in [1.165, 1.54) is 19.2 Å². The second-order valence-corrected chi connectivity index (χ2v) is 7.11. The van der Waals surface area contributed by atoms with Crippen LogP contribution in [0.2, 0.25) is 0 Å². The Morgan fingerprint density at radius 2 is 1.83 bits per heavy atom. The van der Waals surface area contributed by atoms with E-state index < -0.39 is 30.0 Å². The first-order chi connectivity index (χ1) is 14.3. The van der Waals surface area contributed by atoms with Crippen molar-refractivity contribution in [1.82, 2.24) is 4.90 Å². The zero-order valence-corrected chi connectivity index (χ0v) is 16.3. The number of nitro benzene ring substituents is 1. The van der Waals surface area contributed by atoms with Crippen LogP contribution in [0.4, 0.5) is 11.4 Å². The molecule has 3 rings (SSSR count). The largest absolute Gasteiger partial charge is 0.496 e. The standard InChI is InChI=1S/C19H21N3O8/c1-29-11-6-7-14(15(8-11)22(27)28)20-16(23)10-30-17(24)9-21-18(25)12-4-2-3-5-13(12)19(21)26/h6-8,12-13H,2-5,9-10H2,1H3,(H,20,23)/t12-,13-/m0/s1. The molecule has 0 bridgehead atoms. The van der Waals surface area contributed by atoms with E-state index in [2.05, 4.69) is 5.32 Å². The molecule has 1 aliphatic heterocycles. The molecule has 1 aromatic carbocycles. The van der Waals surface area contributed by atoms with Crippen LogP contribution < -0.4 is 10.1 Å². The number of rotatable bonds is 7. The third-order valence-electron chi connectivity index (χ3n) is 5.26. The number of anilines is 1. The van der Waals surface area contributed by atoms with Crippen molar-refractivity contribution in [2.75, 3.05) is 25.6 Å². The van der Waals surface area contributed by atoms with Gasteiger partial charge in [0.1, 0.15) is 18.0 Å². The van der Waals surface area contributed by atoms with Crippen LogP contribution in [0.5, 0.6) is 5.75 Å². The molecule has 160 valence electrons. The Morgan fingerprint density at radius 1 is 1.20 bits per heavy atom. The van der Waals surface area contributed by atoms with Gasteiger partial charge in [0.25, 0.3) is 11.6 Å². The van der Waals surface area contributed by atoms with E-state index in [0.29, 0.717) is 12.8 Å². The van der Waals surface area contributed by atoms with Crippen molar-refractivity contribution in [2.24, 2.45) is 11.8 Å². The lowest BCUT2D eigenvalue weighted by atomic mass is 9.81. The number of nitrogens with one attached hydrogen (secondary N) is 1. The number of fused-ring (bicyclic) bond motifs is 1. The highest BCUT2D eigenvalue weighted by atomic mass is 16.6. The van der Waals surface area contributed by atoms with E-state index in [1.807, 2.05) is 0 Å². The first-order valence-corrected chi connectivity index (χ1v) is 9.45. The summed E-state index contributed by atoms with van der Waals surface area (Å²) in [6.07, 6.45) is 3.00. The van der Waals surface area contributed by atoms with E-state index in [-0.39, 0.29) is 40.8 Å². The van der Waals surface area contributed by atoms with E-state index in [0.717, 1.165) is 23.8 Å². The number of nitrogens with zero attached hydrogens (tertiary/aromatic N) is 2. The predicted octanol–water partition coefficient (Wildman–Crippen LogP) is 1.26. The molecule has 30 heavy (non-hydrogen) atoms. The van der Waals surface area contributed by atoms with E-state index in [1.54, 1.807) is 0 Å². The third kappa shape index (κ3) is 4.39. The van der Waals surface area contributed by atoms with Gasteiger partial charge in [0.15, 0.2) is 6.61 Å². The van der Waals surface area contributed by atoms with Crippen LogP contribution in [-0.2, 0) is 23.9 Å². The first-order valence-electron chi connectivity index (χ1n) is 9.45. The number of hydrogen-bond donors (Lipinski definition) is 1. The van der Waals surface area contributed by atoms with Crippen LogP contribution >= 0.6 is 0 Å². The highest BCUT2D eigenvalue weighted by Gasteiger charge is 2.48. The molecule has 1 saturated heterocycles. The molecule has 1 saturated carbocycles. The Labute approximate surface area is 171 Å². The fraction of sp³-hybridized carbons (Fsp3) is 0.474. The molecular formula is C19H21N3O8. The summed E-state index contributed by atoms with van der Waals surface area (Å²) in [6.45, 7) is -1.27. The number of imide groups is 1. The van der Waals surface area contributed by atoms with E-state index in [9.17, 15) is 29.3 Å². The summed E-state index contributed by atoms with van der Waals surface area (Å²) in [5.74, 6) is -2.97. The van der Waals surface area contributed by atoms with Gasteiger partial charge >= 0.3 is 5.97 Å². The van der Waals surface area contributed by atoms with Gasteiger partial charge in [0.05, 0.1) is 29.9 Å². The molecule has 0 spiro atoms. The van der Waals surface area contributed by atoms with E-state index in [4.69, 9.17) is 9.47 Å². The summed E-state index contributed by atoms with van der Waals surface area (Å²) >= 11 is 0. The molecular weight excluding hydrogens is 398 g/mol. The Hall–Kier alpha value is -3.50. The van der Waals surface area contributed by atoms with Crippen LogP contribution in [0.1, 0.15) is 25.7 Å². The molecule has 1 aromatic rings. The minimum atomic E-state index is -0.908. The van der Waals surface area contributed by atoms with Crippen LogP contribution in [-0.4, -0.2) is 53.8 Å². The van der Waals surface area contributed by atoms with E-state index >= 15 is 0 Å². The molecule has 0 radical (unpaired) electrons. The van der Waals surface area contributed by atoms with Crippen LogP contribution in [0, 0.1) is 22.0 Å². The molecule has 1 aliphatic carbocycles. The minimum Gasteiger partial charge on any atom is -0.496 e. The van der Waals surface area contributed by atoms with Crippen LogP contribution in [0.25, 0.3) is 0 Å². The van der Waals surface area contributed by atoms with Gasteiger partial charge in [0, 0.05) is 0 Å². The van der Waals surface area contributed by atoms with Gasteiger partial charge in [-0.1, -0.05) is 12.8 Å². The Kier molecular flexibility index (Phi) is 6.28. The molecule has 3 amide bonds. The SMILES string of the molecule is COc1ccc(NC(=O)COC(=O)CN2C(=O)[C@H]3CCCC[C@@H]3C2=O)c([N+](=O)[O-])c1. The van der Waals surface area contributed by atoms with Gasteiger partial charge in [-0.2, -0.15) is 0 Å². The number of hydrogen-bond acceptors (Lipinski definition) is 8. The molecule has 11 nitrogen and oxygen atoms in total. The van der Waals surface area contributed by atoms with Crippen molar-refractivity contribution in [3.8, 4) is 5.75 Å². The van der Waals surface area contributed by atoms with Gasteiger partial charge in [-0.3, -0.25) is 34.2 Å². The summed E-state index contributed by atoms with van der Waals surface area (Å²) in [6, 6.07) is 3.87. The van der Waals surface area contributed by atoms with Gasteiger partial charge < -0.3 is 14.8 Å². The number of carbonyl (C=O) groups is 4. The minimum absolute atomic E-state index is 0.0872. The maximum Gasteiger partial charge on any atom is 0.326 e. The lowest BCUT2D eigenvalue weighted by molar-refractivity contribution is -0.384. The second-order valence-electron chi connectivity index (χ2n) is 7.11. The van der Waals surface area contributed by atoms with Crippen molar-refractivity contribution >= 4 is 35.1 Å². The summed E-state index contributed by atoms with van der Waals surface area (Å²) in [7, 11) is 1.35. The Bertz CT molecular complexity index is 876. The highest BCUT2D eigenvalue weighted by molar-refractivity contribution is 6.07. The summed E-state index contributed by atoms with van der Waals surface area (Å²) < 4.78 is 9.76. The van der Waals surface area contributed by atoms with Crippen molar-refractivity contribution in [3.63, 3.8) is 0 Å². The normalized spacial score (nSPS) is 20.5. The zero-order valence-electron chi connectivity index (χ0n) is 16.3. The number of esters is 1. The van der Waals surface area contributed by atoms with Crippen LogP contribution in [0.15, 0.2) is 18.2 Å². The quantitative estimate of drug-likeness (QED) is 0.301. The predicted molar refractivity (Wildman–Crippen MR) is 101 cm³/mol. The van der Waals surface area contributed by atoms with Gasteiger partial charge in [0.2, 0.25) is 11.8 Å². The summed E-state index contributed by atoms with van der Waals surface area (Å²) in [5.41, 5.74) is -0.472. The number of nitro groups is 1. The third-order valence-corrected chi connectivity index (χ3v) is 5.26. The molecule has 2 atom stereocenters. The zero-order chi connectivity index (χ0) is 21.8. The van der Waals surface area contributed by atoms with Gasteiger partial charge in [-0.15, -0.1) is 0 Å². The number of methoxy groups -OCH3 is 1. The monoisotopic (exact) mass is 419 g/mol. The van der Waals surface area contributed by atoms with Crippen LogP contribution in [0.3, 0.4) is 0 Å². The first kappa shape index (κ1) is 21.2. The average molecular weight is 419 g/mol. The van der Waals surface area contributed by atoms with Gasteiger partial charge in [-0.05, 0) is 25.0 Å². The average Bonchev–Trinajstić information content (AvgIpc) is 2.97. The lowest BCUT2D eigenvalue weighted by Gasteiger charge is -2.19. The maximum absolute atomic E-state index is 12.4. The molecule has 2 aliphatic rings. The molecule has 11 heteroatoms. The number of ether oxygens (including phenoxy) is 2. The number of benzene rings is 1. The van der Waals surface area contributed by atoms with Crippen molar-refractivity contribution in [2.45, 2.75) is 25.7 Å². The smallest absolute Gasteiger partial charge is 0.326 e. The fourth-order valence-corrected chi connectivity index (χ4v) is 3.79. The lowest BCUT2D eigenvalue weighted by Crippen LogP contribution is -2.37. The fourth-order valence-electron chi connectivity index (χ4n) is 3.79. The van der Waals surface area contributed by atoms with Crippen molar-refractivity contribution < 1.29 is 33.6 Å².